The molecule has 1 aliphatic rings. The highest BCUT2D eigenvalue weighted by Crippen LogP contribution is 2.34. The lowest BCUT2D eigenvalue weighted by atomic mass is 10.1. The van der Waals surface area contributed by atoms with Crippen molar-refractivity contribution >= 4 is 29.0 Å². The summed E-state index contributed by atoms with van der Waals surface area (Å²) in [6.07, 6.45) is 2.64. The molecule has 1 heterocycles. The van der Waals surface area contributed by atoms with E-state index in [1.807, 2.05) is 57.2 Å². The molecule has 0 spiro atoms. The van der Waals surface area contributed by atoms with Crippen molar-refractivity contribution in [2.24, 2.45) is 0 Å². The van der Waals surface area contributed by atoms with Gasteiger partial charge in [0, 0.05) is 0 Å². The summed E-state index contributed by atoms with van der Waals surface area (Å²) in [5, 5.41) is -0.299. The zero-order valence-corrected chi connectivity index (χ0v) is 19.0. The molecule has 0 aromatic heterocycles. The second kappa shape index (κ2) is 10.4. The summed E-state index contributed by atoms with van der Waals surface area (Å²) >= 11 is 0.928. The molecule has 6 nitrogen and oxygen atoms in total. The van der Waals surface area contributed by atoms with Crippen molar-refractivity contribution in [2.45, 2.75) is 33.3 Å². The predicted octanol–water partition coefficient (Wildman–Crippen LogP) is 5.30. The van der Waals surface area contributed by atoms with Crippen molar-refractivity contribution in [1.29, 1.82) is 0 Å². The lowest BCUT2D eigenvalue weighted by Gasteiger charge is -2.15. The zero-order valence-electron chi connectivity index (χ0n) is 18.2. The van der Waals surface area contributed by atoms with E-state index in [-0.39, 0.29) is 30.4 Å². The fraction of sp³-hybridized carbons (Fsp3) is 0.333. The monoisotopic (exact) mass is 441 g/mol. The third-order valence-electron chi connectivity index (χ3n) is 4.87. The van der Waals surface area contributed by atoms with Crippen LogP contribution in [0.5, 0.6) is 17.2 Å². The Hall–Kier alpha value is -2.93. The number of ether oxygens (including phenoxy) is 3. The number of aryl methyl sites for hydroxylation is 1. The minimum absolute atomic E-state index is 0.0679. The number of carbonyl (C=O) groups is 2. The Kier molecular flexibility index (Phi) is 7.63. The fourth-order valence-corrected chi connectivity index (χ4v) is 3.77. The molecule has 0 bridgehead atoms. The van der Waals surface area contributed by atoms with Gasteiger partial charge >= 0.3 is 0 Å². The van der Waals surface area contributed by atoms with Crippen LogP contribution in [0.15, 0.2) is 47.4 Å². The third-order valence-corrected chi connectivity index (χ3v) is 5.77. The summed E-state index contributed by atoms with van der Waals surface area (Å²) < 4.78 is 16.9. The molecule has 0 aliphatic carbocycles. The Labute approximate surface area is 187 Å². The summed E-state index contributed by atoms with van der Waals surface area (Å²) in [4.78, 5) is 26.6. The Morgan fingerprint density at radius 3 is 2.52 bits per heavy atom. The molecule has 2 aromatic rings. The summed E-state index contributed by atoms with van der Waals surface area (Å²) in [6, 6.07) is 13.1. The van der Waals surface area contributed by atoms with E-state index < -0.39 is 0 Å². The maximum absolute atomic E-state index is 12.7. The van der Waals surface area contributed by atoms with Gasteiger partial charge in [-0.15, -0.1) is 0 Å². The highest BCUT2D eigenvalue weighted by molar-refractivity contribution is 8.18. The van der Waals surface area contributed by atoms with Crippen molar-refractivity contribution in [2.75, 3.05) is 20.3 Å². The molecular weight excluding hydrogens is 414 g/mol. The quantitative estimate of drug-likeness (QED) is 0.492. The Bertz CT molecular complexity index is 970. The van der Waals surface area contributed by atoms with Crippen molar-refractivity contribution in [3.8, 4) is 17.2 Å². The van der Waals surface area contributed by atoms with E-state index in [2.05, 4.69) is 0 Å². The number of methoxy groups -OCH3 is 1. The predicted molar refractivity (Wildman–Crippen MR) is 123 cm³/mol. The second-order valence-electron chi connectivity index (χ2n) is 7.24. The molecule has 0 N–H and O–H groups in total. The number of amides is 2. The number of thioether (sulfide) groups is 1. The highest BCUT2D eigenvalue weighted by Gasteiger charge is 2.34. The van der Waals surface area contributed by atoms with Crippen molar-refractivity contribution < 1.29 is 23.8 Å². The van der Waals surface area contributed by atoms with E-state index >= 15 is 0 Å². The van der Waals surface area contributed by atoms with Crippen LogP contribution in [0.2, 0.25) is 0 Å². The Morgan fingerprint density at radius 1 is 1.10 bits per heavy atom. The second-order valence-corrected chi connectivity index (χ2v) is 8.24. The van der Waals surface area contributed by atoms with Gasteiger partial charge in [-0.25, -0.2) is 0 Å². The molecule has 2 aromatic carbocycles. The molecule has 31 heavy (non-hydrogen) atoms. The number of rotatable bonds is 9. The van der Waals surface area contributed by atoms with Gasteiger partial charge in [-0.1, -0.05) is 30.7 Å². The first-order valence-electron chi connectivity index (χ1n) is 10.2. The van der Waals surface area contributed by atoms with Crippen LogP contribution in [-0.2, 0) is 4.79 Å². The molecular formula is C24H27NO5S. The van der Waals surface area contributed by atoms with E-state index in [0.717, 1.165) is 29.3 Å². The normalized spacial score (nSPS) is 16.0. The van der Waals surface area contributed by atoms with Crippen molar-refractivity contribution in [1.82, 2.24) is 4.90 Å². The molecule has 7 heteroatoms. The summed E-state index contributed by atoms with van der Waals surface area (Å²) in [5.41, 5.74) is 1.90. The number of carbonyl (C=O) groups excluding carboxylic acids is 2. The smallest absolute Gasteiger partial charge is 0.293 e. The van der Waals surface area contributed by atoms with Gasteiger partial charge in [0.2, 0.25) is 0 Å². The maximum Gasteiger partial charge on any atom is 0.293 e. The van der Waals surface area contributed by atoms with Crippen LogP contribution >= 0.6 is 11.8 Å². The number of hydrogen-bond acceptors (Lipinski definition) is 6. The summed E-state index contributed by atoms with van der Waals surface area (Å²) in [5.74, 6) is 1.62. The van der Waals surface area contributed by atoms with Gasteiger partial charge in [-0.2, -0.15) is 0 Å². The largest absolute Gasteiger partial charge is 0.493 e. The number of benzene rings is 2. The van der Waals surface area contributed by atoms with Crippen LogP contribution in [0, 0.1) is 6.92 Å². The molecule has 1 fully saturated rings. The average molecular weight is 442 g/mol. The highest BCUT2D eigenvalue weighted by atomic mass is 32.2. The molecule has 0 saturated carbocycles. The zero-order chi connectivity index (χ0) is 22.4. The molecule has 0 radical (unpaired) electrons. The molecule has 1 aliphatic heterocycles. The van der Waals surface area contributed by atoms with Crippen LogP contribution < -0.4 is 14.2 Å². The van der Waals surface area contributed by atoms with E-state index in [0.29, 0.717) is 22.2 Å². The van der Waals surface area contributed by atoms with Gasteiger partial charge < -0.3 is 14.2 Å². The van der Waals surface area contributed by atoms with E-state index in [4.69, 9.17) is 14.2 Å². The topological polar surface area (TPSA) is 65.1 Å². The van der Waals surface area contributed by atoms with E-state index in [1.54, 1.807) is 19.3 Å². The van der Waals surface area contributed by atoms with Crippen LogP contribution in [-0.4, -0.2) is 42.4 Å². The van der Waals surface area contributed by atoms with Crippen molar-refractivity contribution in [3.05, 3.63) is 58.5 Å². The van der Waals surface area contributed by atoms with Gasteiger partial charge in [0.25, 0.3) is 11.1 Å². The molecule has 2 amide bonds. The fourth-order valence-electron chi connectivity index (χ4n) is 2.90. The first kappa shape index (κ1) is 22.7. The molecule has 164 valence electrons. The van der Waals surface area contributed by atoms with Crippen LogP contribution in [0.1, 0.15) is 31.4 Å². The summed E-state index contributed by atoms with van der Waals surface area (Å²) in [6.45, 7) is 6.47. The van der Waals surface area contributed by atoms with Gasteiger partial charge in [-0.05, 0) is 67.9 Å². The molecule has 3 rings (SSSR count). The van der Waals surface area contributed by atoms with E-state index in [1.165, 1.54) is 4.90 Å². The van der Waals surface area contributed by atoms with Gasteiger partial charge in [0.1, 0.15) is 12.4 Å². The number of nitrogens with zero attached hydrogens (tertiary/aromatic N) is 1. The Balaban J connectivity index is 1.65. The van der Waals surface area contributed by atoms with Crippen LogP contribution in [0.25, 0.3) is 6.08 Å². The summed E-state index contributed by atoms with van der Waals surface area (Å²) in [7, 11) is 1.57. The third kappa shape index (κ3) is 5.82. The first-order valence-corrected chi connectivity index (χ1v) is 11.0. The van der Waals surface area contributed by atoms with Gasteiger partial charge in [-0.3, -0.25) is 14.5 Å². The molecule has 1 unspecified atom stereocenters. The average Bonchev–Trinajstić information content (AvgIpc) is 3.03. The lowest BCUT2D eigenvalue weighted by Crippen LogP contribution is -2.32. The Morgan fingerprint density at radius 2 is 1.84 bits per heavy atom. The van der Waals surface area contributed by atoms with Gasteiger partial charge in [0.15, 0.2) is 11.5 Å². The van der Waals surface area contributed by atoms with E-state index in [9.17, 15) is 9.59 Å². The SMILES string of the molecule is CCC(C)Oc1ccc(/C=C2\SC(=O)N(CCOc3ccc(C)cc3)C2=O)cc1OC. The minimum Gasteiger partial charge on any atom is -0.493 e. The van der Waals surface area contributed by atoms with Crippen LogP contribution in [0.3, 0.4) is 0 Å². The number of hydrogen-bond donors (Lipinski definition) is 0. The van der Waals surface area contributed by atoms with Gasteiger partial charge in [0.05, 0.1) is 24.7 Å². The standard InChI is InChI=1S/C24H27NO5S/c1-5-17(3)30-20-11-8-18(14-21(20)28-4)15-22-23(26)25(24(27)31-22)12-13-29-19-9-6-16(2)7-10-19/h6-11,14-15,17H,5,12-13H2,1-4H3/b22-15-. The van der Waals surface area contributed by atoms with Crippen molar-refractivity contribution in [3.63, 3.8) is 0 Å². The van der Waals surface area contributed by atoms with Crippen LogP contribution in [0.4, 0.5) is 4.79 Å². The maximum atomic E-state index is 12.7. The lowest BCUT2D eigenvalue weighted by molar-refractivity contribution is -0.123. The first-order chi connectivity index (χ1) is 14.9. The minimum atomic E-state index is -0.318. The number of imide groups is 1. The molecule has 1 saturated heterocycles. The molecule has 1 atom stereocenters.